The summed E-state index contributed by atoms with van der Waals surface area (Å²) in [6.07, 6.45) is 0. The van der Waals surface area contributed by atoms with Crippen molar-refractivity contribution in [3.05, 3.63) is 536 Å². The van der Waals surface area contributed by atoms with Gasteiger partial charge in [-0.25, -0.2) is 0 Å². The highest BCUT2D eigenvalue weighted by Crippen LogP contribution is 2.72. The lowest BCUT2D eigenvalue weighted by Crippen LogP contribution is -2.45. The van der Waals surface area contributed by atoms with Gasteiger partial charge in [0.15, 0.2) is 22.3 Å². The fourth-order valence-corrected chi connectivity index (χ4v) is 30.9. The topological polar surface area (TPSA) is 99.7 Å². The van der Waals surface area contributed by atoms with Gasteiger partial charge in [-0.05, 0) is 219 Å². The molecule has 0 N–H and O–H groups in total. The summed E-state index contributed by atoms with van der Waals surface area (Å²) in [4.78, 5) is 49.1. The van der Waals surface area contributed by atoms with E-state index in [1.807, 2.05) is 192 Å². The number of carbonyl (C=O) groups excluding carboxylic acids is 2. The van der Waals surface area contributed by atoms with Crippen LogP contribution in [0.25, 0.3) is 87.8 Å². The van der Waals surface area contributed by atoms with E-state index in [1.54, 1.807) is 11.8 Å². The van der Waals surface area contributed by atoms with E-state index in [0.717, 1.165) is 158 Å². The van der Waals surface area contributed by atoms with Crippen molar-refractivity contribution in [2.24, 2.45) is 0 Å². The summed E-state index contributed by atoms with van der Waals surface area (Å²) >= 11 is 15.6. The number of rotatable bonds is 14. The van der Waals surface area contributed by atoms with Gasteiger partial charge >= 0.3 is 0 Å². The number of para-hydroxylation sites is 12. The van der Waals surface area contributed by atoms with Crippen LogP contribution in [0.5, 0.6) is 0 Å². The van der Waals surface area contributed by atoms with E-state index in [1.165, 1.54) is 95.2 Å². The fraction of sp³-hybridized carbons (Fsp3) is 0.0233. The number of carbonyl (C=O) groups is 2. The summed E-state index contributed by atoms with van der Waals surface area (Å²) in [7, 11) is 0. The summed E-state index contributed by atoms with van der Waals surface area (Å²) in [5.74, 6) is -0.327. The lowest BCUT2D eigenvalue weighted by atomic mass is 9.55. The zero-order valence-corrected chi connectivity index (χ0v) is 84.7. The van der Waals surface area contributed by atoms with Crippen molar-refractivity contribution in [2.45, 2.75) is 47.6 Å². The molecule has 2 aliphatic heterocycles. The summed E-state index contributed by atoms with van der Waals surface area (Å²) < 4.78 is 28.0. The Hall–Kier alpha value is -16.0. The SMILES string of the molecule is Brc1ccccc1Sc1ccccc1.C.O=C1c2cc(N(c3ccccc3)c3cccc4c3oc3ccccc34)sc2C(=O)c2cc(N(c3ccccc3)c3cccc4c3oc3ccccc34)sc21.c1ccc(N(c2cc3c(s2)C2(c4ccccc4Sc4ccccc42)c2cc(N(c4ccccc4)c4cccc5c4oc4ccccc45)sc2C32c3ccccc3Sc3ccccc32)c2cccc3c2oc2ccccc23)cc1. The highest BCUT2D eigenvalue weighted by Gasteiger charge is 2.61. The van der Waals surface area contributed by atoms with Gasteiger partial charge in [-0.2, -0.15) is 0 Å². The second-order valence-electron chi connectivity index (χ2n) is 36.2. The first-order valence-electron chi connectivity index (χ1n) is 48.1. The molecule has 8 aromatic heterocycles. The van der Waals surface area contributed by atoms with E-state index in [9.17, 15) is 9.59 Å². The third kappa shape index (κ3) is 14.5. The van der Waals surface area contributed by atoms with Gasteiger partial charge in [0.05, 0.1) is 43.3 Å². The predicted octanol–water partition coefficient (Wildman–Crippen LogP) is 39.1. The molecule has 0 fully saturated rings. The second-order valence-corrected chi connectivity index (χ2v) is 44.5. The highest BCUT2D eigenvalue weighted by molar-refractivity contribution is 9.10. The Morgan fingerprint density at radius 3 is 0.816 bits per heavy atom. The number of hydrogen-bond acceptors (Lipinski definition) is 17. The lowest BCUT2D eigenvalue weighted by molar-refractivity contribution is 0.0986. The third-order valence-corrected chi connectivity index (χ3v) is 37.2. The first-order valence-corrected chi connectivity index (χ1v) is 54.6. The molecule has 2 aliphatic carbocycles. The van der Waals surface area contributed by atoms with Gasteiger partial charge in [0.1, 0.15) is 42.3 Å². The minimum Gasteiger partial charge on any atom is -0.454 e. The van der Waals surface area contributed by atoms with E-state index in [0.29, 0.717) is 20.9 Å². The van der Waals surface area contributed by atoms with Crippen LogP contribution in [0.15, 0.2) is 519 Å². The van der Waals surface area contributed by atoms with E-state index < -0.39 is 10.8 Å². The Morgan fingerprint density at radius 1 is 0.245 bits per heavy atom. The Balaban J connectivity index is 0.000000134. The summed E-state index contributed by atoms with van der Waals surface area (Å²) in [6.45, 7) is 0. The number of thiophene rings is 4. The van der Waals surface area contributed by atoms with Gasteiger partial charge in [-0.15, -0.1) is 45.3 Å². The fourth-order valence-electron chi connectivity index (χ4n) is 21.9. The Morgan fingerprint density at radius 2 is 0.503 bits per heavy atom. The molecular weight excluding hydrogens is 2010 g/mol. The van der Waals surface area contributed by atoms with Crippen LogP contribution < -0.4 is 19.6 Å². The number of hydrogen-bond donors (Lipinski definition) is 0. The summed E-state index contributed by atoms with van der Waals surface area (Å²) in [6, 6.07) is 164. The minimum atomic E-state index is -0.762. The maximum Gasteiger partial charge on any atom is 0.205 e. The molecule has 0 amide bonds. The van der Waals surface area contributed by atoms with Gasteiger partial charge in [-0.1, -0.05) is 340 Å². The monoisotopic (exact) mass is 2080 g/mol. The minimum absolute atomic E-state index is 0. The van der Waals surface area contributed by atoms with Crippen molar-refractivity contribution >= 4 is 261 Å². The molecule has 18 aromatic carbocycles. The molecule has 0 radical (unpaired) electrons. The summed E-state index contributed by atoms with van der Waals surface area (Å²) in [5.41, 5.74) is 21.0. The number of fused-ring (bicyclic) bond motifs is 28. The number of furan rings is 4. The molecule has 4 aliphatic rings. The molecule has 0 saturated carbocycles. The van der Waals surface area contributed by atoms with Crippen LogP contribution in [0.3, 0.4) is 0 Å². The number of halogens is 1. The maximum atomic E-state index is 14.5. The highest BCUT2D eigenvalue weighted by atomic mass is 79.9. The molecule has 26 aromatic rings. The van der Waals surface area contributed by atoms with Crippen molar-refractivity contribution in [1.29, 1.82) is 0 Å². The lowest BCUT2D eigenvalue weighted by Gasteiger charge is -2.51. The van der Waals surface area contributed by atoms with Crippen LogP contribution in [0.4, 0.5) is 65.5 Å². The van der Waals surface area contributed by atoms with Crippen LogP contribution in [-0.2, 0) is 10.8 Å². The average Bonchev–Trinajstić information content (AvgIpc) is 1.58. The standard InChI is InChI=1S/C70H42N2O2S4.C46H26N2O4S2.C12H9BrS.CH4/c1-3-21-43(22-4-1)71(55-33-19-27-47-45-25-7-13-35-57(45)73-65(47)55)63-41-53-67(77-63)70(51-31-11-17-39-61(51)76-62-40-18-12-32-52(62)70)54-42-64(78-68(54)69(53)49-29-9-15-37-59(49)75-60-38-16-10-30-50(60)69)72(44-23-5-2-6-24-44)56-34-20-28-48-46-26-8-14-36-58(46)74-66(48)56;49-41-33-25-39(47(27-13-3-1-4-14-27)35-21-11-19-31-29-17-7-9-23-37(29)51-43(31)35)53-45(33)42(50)34-26-40(54-46(34)41)48(28-15-5-2-6-16-28)36-22-12-20-32-30-18-8-10-24-38(30)52-44(32)36;13-11-8-4-5-9-12(11)14-10-6-2-1-3-7-10;/h1-42H;1-26H;1-9H;1H4. The molecule has 0 unspecified atom stereocenters. The van der Waals surface area contributed by atoms with Crippen molar-refractivity contribution in [1.82, 2.24) is 0 Å². The Bertz CT molecular complexity index is 9010. The number of ketones is 2. The first-order chi connectivity index (χ1) is 72.2. The van der Waals surface area contributed by atoms with Crippen LogP contribution in [0, 0.1) is 0 Å². The second kappa shape index (κ2) is 36.7. The smallest absolute Gasteiger partial charge is 0.205 e. The van der Waals surface area contributed by atoms with Gasteiger partial charge in [0, 0.05) is 121 Å². The van der Waals surface area contributed by atoms with Crippen LogP contribution >= 0.6 is 96.6 Å². The van der Waals surface area contributed by atoms with Gasteiger partial charge in [0.25, 0.3) is 0 Å². The number of nitrogens with zero attached hydrogens (tertiary/aromatic N) is 4. The molecule has 2 spiro atoms. The van der Waals surface area contributed by atoms with Crippen LogP contribution in [-0.4, -0.2) is 11.6 Å². The maximum absolute atomic E-state index is 14.5. The molecule has 0 atom stereocenters. The van der Waals surface area contributed by atoms with Crippen molar-refractivity contribution in [3.8, 4) is 0 Å². The first kappa shape index (κ1) is 89.8. The van der Waals surface area contributed by atoms with E-state index >= 15 is 0 Å². The quantitative estimate of drug-likeness (QED) is 0.103. The van der Waals surface area contributed by atoms with E-state index in [-0.39, 0.29) is 19.0 Å². The van der Waals surface area contributed by atoms with E-state index in [2.05, 4.69) is 357 Å². The number of benzene rings is 18. The normalized spacial score (nSPS) is 13.1. The molecule has 0 bridgehead atoms. The Labute approximate surface area is 883 Å². The molecule has 702 valence electrons. The van der Waals surface area contributed by atoms with Crippen molar-refractivity contribution in [2.75, 3.05) is 19.6 Å². The van der Waals surface area contributed by atoms with Crippen molar-refractivity contribution < 1.29 is 27.3 Å². The van der Waals surface area contributed by atoms with Gasteiger partial charge in [-0.3, -0.25) is 29.2 Å². The molecule has 147 heavy (non-hydrogen) atoms. The van der Waals surface area contributed by atoms with Gasteiger partial charge in [0.2, 0.25) is 11.6 Å². The van der Waals surface area contributed by atoms with Crippen LogP contribution in [0.1, 0.15) is 81.0 Å². The van der Waals surface area contributed by atoms with Gasteiger partial charge < -0.3 is 17.7 Å². The molecule has 10 heterocycles. The Kier molecular flexibility index (Phi) is 22.4. The number of anilines is 12. The largest absolute Gasteiger partial charge is 0.454 e. The zero-order chi connectivity index (χ0) is 96.8. The zero-order valence-electron chi connectivity index (χ0n) is 77.4. The average molecular weight is 2090 g/mol. The van der Waals surface area contributed by atoms with Crippen LogP contribution in [0.2, 0.25) is 0 Å². The molecule has 10 nitrogen and oxygen atoms in total. The predicted molar refractivity (Wildman–Crippen MR) is 615 cm³/mol. The molecular formula is C129H81BrN4O6S7. The third-order valence-electron chi connectivity index (χ3n) is 28.1. The van der Waals surface area contributed by atoms with E-state index in [4.69, 9.17) is 17.7 Å². The molecule has 30 rings (SSSR count). The molecule has 0 saturated heterocycles. The molecule has 18 heteroatoms. The van der Waals surface area contributed by atoms with Crippen molar-refractivity contribution in [3.63, 3.8) is 0 Å². The summed E-state index contributed by atoms with van der Waals surface area (Å²) in [5, 5.41) is 12.1.